The Morgan fingerprint density at radius 2 is 2.26 bits per heavy atom. The van der Waals surface area contributed by atoms with Crippen LogP contribution < -0.4 is 9.47 Å². The topological polar surface area (TPSA) is 62.2 Å². The molecule has 3 aromatic rings. The zero-order valence-corrected chi connectivity index (χ0v) is 19.5. The van der Waals surface area contributed by atoms with Crippen molar-refractivity contribution in [1.29, 1.82) is 0 Å². The molecule has 31 heavy (non-hydrogen) atoms. The molecule has 0 radical (unpaired) electrons. The van der Waals surface area contributed by atoms with Crippen LogP contribution in [0.1, 0.15) is 24.0 Å². The van der Waals surface area contributed by atoms with Gasteiger partial charge in [0.1, 0.15) is 11.4 Å². The van der Waals surface area contributed by atoms with Crippen LogP contribution in [-0.2, 0) is 11.8 Å². The molecule has 0 fully saturated rings. The van der Waals surface area contributed by atoms with Crippen LogP contribution in [0.15, 0.2) is 56.8 Å². The molecule has 0 amide bonds. The summed E-state index contributed by atoms with van der Waals surface area (Å²) in [5.41, 5.74) is 2.89. The molecule has 1 aliphatic rings. The second kappa shape index (κ2) is 8.96. The van der Waals surface area contributed by atoms with E-state index in [2.05, 4.69) is 25.8 Å². The van der Waals surface area contributed by atoms with Gasteiger partial charge in [0, 0.05) is 12.6 Å². The van der Waals surface area contributed by atoms with E-state index in [1.165, 1.54) is 6.40 Å². The number of hydrogen-bond donors (Lipinski definition) is 0. The van der Waals surface area contributed by atoms with Gasteiger partial charge in [-0.1, -0.05) is 12.1 Å². The Balaban J connectivity index is 1.96. The number of benzene rings is 1. The SMILES string of the molecule is [C-]#[N+]C1=C(/N=C/OCC)Oc2c(c(-c3cccs3)nn2C)C1c1ccc(OC)c(Br)c1. The van der Waals surface area contributed by atoms with Crippen LogP contribution in [0, 0.1) is 6.57 Å². The van der Waals surface area contributed by atoms with Gasteiger partial charge in [0.15, 0.2) is 6.40 Å². The largest absolute Gasteiger partial charge is 0.496 e. The molecular formula is C22H19BrN4O3S. The second-order valence-corrected chi connectivity index (χ2v) is 8.39. The minimum atomic E-state index is -0.414. The number of aliphatic imine (C=N–C) groups is 1. The summed E-state index contributed by atoms with van der Waals surface area (Å²) in [5, 5.41) is 6.72. The lowest BCUT2D eigenvalue weighted by atomic mass is 9.87. The van der Waals surface area contributed by atoms with Crippen LogP contribution in [0.4, 0.5) is 0 Å². The van der Waals surface area contributed by atoms with E-state index in [1.54, 1.807) is 23.1 Å². The van der Waals surface area contributed by atoms with Crippen LogP contribution >= 0.6 is 27.3 Å². The molecule has 3 heterocycles. The zero-order chi connectivity index (χ0) is 22.0. The normalized spacial score (nSPS) is 15.5. The first-order valence-electron chi connectivity index (χ1n) is 9.46. The Labute approximate surface area is 192 Å². The molecule has 9 heteroatoms. The van der Waals surface area contributed by atoms with Gasteiger partial charge in [-0.2, -0.15) is 10.1 Å². The average Bonchev–Trinajstić information content (AvgIpc) is 3.41. The highest BCUT2D eigenvalue weighted by Gasteiger charge is 2.38. The molecule has 0 aliphatic carbocycles. The first-order chi connectivity index (χ1) is 15.1. The lowest BCUT2D eigenvalue weighted by Crippen LogP contribution is -2.16. The summed E-state index contributed by atoms with van der Waals surface area (Å²) in [7, 11) is 3.44. The monoisotopic (exact) mass is 498 g/mol. The maximum atomic E-state index is 7.92. The van der Waals surface area contributed by atoms with Crippen LogP contribution in [0.3, 0.4) is 0 Å². The summed E-state index contributed by atoms with van der Waals surface area (Å²) in [6.45, 7) is 10.3. The molecule has 2 aromatic heterocycles. The minimum absolute atomic E-state index is 0.202. The highest BCUT2D eigenvalue weighted by Crippen LogP contribution is 2.49. The van der Waals surface area contributed by atoms with Gasteiger partial charge in [0.25, 0.3) is 0 Å². The van der Waals surface area contributed by atoms with Crippen molar-refractivity contribution in [3.63, 3.8) is 0 Å². The highest BCUT2D eigenvalue weighted by molar-refractivity contribution is 9.10. The van der Waals surface area contributed by atoms with Crippen molar-refractivity contribution >= 4 is 33.7 Å². The Bertz CT molecular complexity index is 1210. The molecule has 1 aromatic carbocycles. The van der Waals surface area contributed by atoms with E-state index >= 15 is 0 Å². The number of allylic oxidation sites excluding steroid dienone is 1. The molecule has 0 saturated carbocycles. The van der Waals surface area contributed by atoms with Gasteiger partial charge in [-0.15, -0.1) is 11.3 Å². The summed E-state index contributed by atoms with van der Waals surface area (Å²) < 4.78 is 19.2. The Morgan fingerprint density at radius 3 is 2.90 bits per heavy atom. The third kappa shape index (κ3) is 3.84. The molecular weight excluding hydrogens is 480 g/mol. The third-order valence-electron chi connectivity index (χ3n) is 4.80. The number of rotatable bonds is 6. The number of methoxy groups -OCH3 is 1. The van der Waals surface area contributed by atoms with Crippen molar-refractivity contribution in [2.24, 2.45) is 12.0 Å². The minimum Gasteiger partial charge on any atom is -0.496 e. The predicted octanol–water partition coefficient (Wildman–Crippen LogP) is 5.60. The predicted molar refractivity (Wildman–Crippen MR) is 123 cm³/mol. The quantitative estimate of drug-likeness (QED) is 0.252. The summed E-state index contributed by atoms with van der Waals surface area (Å²) in [6.07, 6.45) is 1.31. The number of nitrogens with zero attached hydrogens (tertiary/aromatic N) is 4. The van der Waals surface area contributed by atoms with Crippen molar-refractivity contribution in [2.45, 2.75) is 12.8 Å². The van der Waals surface area contributed by atoms with Gasteiger partial charge in [-0.25, -0.2) is 9.53 Å². The van der Waals surface area contributed by atoms with E-state index in [-0.39, 0.29) is 5.88 Å². The standard InChI is InChI=1S/C22H19BrN4O3S/c1-5-29-12-25-21-20(24-2)17(13-8-9-15(28-4)14(23)11-13)18-19(16-7-6-10-31-16)26-27(3)22(18)30-21/h6-12,17H,5H2,1,3-4H3/b25-12+. The Morgan fingerprint density at radius 1 is 1.42 bits per heavy atom. The molecule has 0 saturated heterocycles. The number of aromatic nitrogens is 2. The van der Waals surface area contributed by atoms with Crippen LogP contribution in [0.5, 0.6) is 11.6 Å². The highest BCUT2D eigenvalue weighted by atomic mass is 79.9. The maximum absolute atomic E-state index is 7.92. The molecule has 0 spiro atoms. The van der Waals surface area contributed by atoms with Crippen LogP contribution in [0.25, 0.3) is 15.4 Å². The first-order valence-corrected chi connectivity index (χ1v) is 11.1. The lowest BCUT2D eigenvalue weighted by Gasteiger charge is -2.25. The first kappa shape index (κ1) is 21.2. The molecule has 0 bridgehead atoms. The molecule has 1 unspecified atom stereocenters. The maximum Gasteiger partial charge on any atom is 0.237 e. The van der Waals surface area contributed by atoms with E-state index in [0.29, 0.717) is 23.9 Å². The van der Waals surface area contributed by atoms with Crippen LogP contribution in [-0.4, -0.2) is 29.9 Å². The van der Waals surface area contributed by atoms with Gasteiger partial charge in [0.2, 0.25) is 17.5 Å². The summed E-state index contributed by atoms with van der Waals surface area (Å²) >= 11 is 5.16. The summed E-state index contributed by atoms with van der Waals surface area (Å²) in [6, 6.07) is 9.77. The number of thiophene rings is 1. The summed E-state index contributed by atoms with van der Waals surface area (Å²) in [5.74, 6) is 1.05. The van der Waals surface area contributed by atoms with E-state index < -0.39 is 5.92 Å². The molecule has 7 nitrogen and oxygen atoms in total. The summed E-state index contributed by atoms with van der Waals surface area (Å²) in [4.78, 5) is 9.12. The fourth-order valence-corrected chi connectivity index (χ4v) is 4.74. The van der Waals surface area contributed by atoms with Gasteiger partial charge in [-0.05, 0) is 52.0 Å². The van der Waals surface area contributed by atoms with Gasteiger partial charge in [-0.3, -0.25) is 0 Å². The molecule has 0 N–H and O–H groups in total. The van der Waals surface area contributed by atoms with Gasteiger partial charge < -0.3 is 14.2 Å². The zero-order valence-electron chi connectivity index (χ0n) is 17.1. The van der Waals surface area contributed by atoms with E-state index in [0.717, 1.165) is 26.2 Å². The van der Waals surface area contributed by atoms with Crippen molar-refractivity contribution in [3.05, 3.63) is 74.3 Å². The van der Waals surface area contributed by atoms with Gasteiger partial charge in [0.05, 0.1) is 35.6 Å². The van der Waals surface area contributed by atoms with Crippen molar-refractivity contribution in [1.82, 2.24) is 9.78 Å². The molecule has 1 atom stereocenters. The number of aryl methyl sites for hydroxylation is 1. The van der Waals surface area contributed by atoms with E-state index in [1.807, 2.05) is 49.7 Å². The van der Waals surface area contributed by atoms with E-state index in [4.69, 9.17) is 25.9 Å². The second-order valence-electron chi connectivity index (χ2n) is 6.59. The molecule has 1 aliphatic heterocycles. The van der Waals surface area contributed by atoms with Crippen molar-refractivity contribution < 1.29 is 14.2 Å². The number of ether oxygens (including phenoxy) is 3. The average molecular weight is 499 g/mol. The number of hydrogen-bond acceptors (Lipinski definition) is 6. The number of fused-ring (bicyclic) bond motifs is 1. The lowest BCUT2D eigenvalue weighted by molar-refractivity contribution is 0.329. The fraction of sp³-hybridized carbons (Fsp3) is 0.227. The van der Waals surface area contributed by atoms with Crippen molar-refractivity contribution in [3.8, 4) is 22.2 Å². The van der Waals surface area contributed by atoms with Crippen LogP contribution in [0.2, 0.25) is 0 Å². The van der Waals surface area contributed by atoms with E-state index in [9.17, 15) is 0 Å². The molecule has 4 rings (SSSR count). The Kier molecular flexibility index (Phi) is 6.11. The third-order valence-corrected chi connectivity index (χ3v) is 6.30. The molecule has 158 valence electrons. The Hall–Kier alpha value is -3.09. The van der Waals surface area contributed by atoms with Gasteiger partial charge >= 0.3 is 0 Å². The van der Waals surface area contributed by atoms with Crippen molar-refractivity contribution in [2.75, 3.05) is 13.7 Å². The fourth-order valence-electron chi connectivity index (χ4n) is 3.46. The smallest absolute Gasteiger partial charge is 0.237 e. The number of halogens is 1.